The highest BCUT2D eigenvalue weighted by atomic mass is 35.5. The highest BCUT2D eigenvalue weighted by molar-refractivity contribution is 6.31. The Balaban J connectivity index is 2.52. The zero-order valence-electron chi connectivity index (χ0n) is 8.63. The predicted molar refractivity (Wildman–Crippen MR) is 65.2 cm³/mol. The Bertz CT molecular complexity index is 563. The zero-order valence-corrected chi connectivity index (χ0v) is 9.39. The second-order valence-corrected chi connectivity index (χ2v) is 3.94. The number of nitro groups is 1. The molecule has 0 unspecified atom stereocenters. The van der Waals surface area contributed by atoms with Crippen LogP contribution in [0.4, 0.5) is 5.69 Å². The first-order valence-corrected chi connectivity index (χ1v) is 5.18. The van der Waals surface area contributed by atoms with Gasteiger partial charge in [-0.2, -0.15) is 0 Å². The first kappa shape index (κ1) is 11.4. The van der Waals surface area contributed by atoms with Gasteiger partial charge in [0.05, 0.1) is 4.92 Å². The highest BCUT2D eigenvalue weighted by Gasteiger charge is 2.08. The number of hydrogen-bond acceptors (Lipinski definition) is 3. The summed E-state index contributed by atoms with van der Waals surface area (Å²) in [5, 5.41) is 20.4. The molecule has 0 saturated heterocycles. The molecule has 2 aromatic rings. The fourth-order valence-corrected chi connectivity index (χ4v) is 1.77. The molecule has 0 aliphatic rings. The Morgan fingerprint density at radius 2 is 1.88 bits per heavy atom. The van der Waals surface area contributed by atoms with Crippen molar-refractivity contribution in [2.24, 2.45) is 0 Å². The molecule has 0 saturated carbocycles. The van der Waals surface area contributed by atoms with Crippen LogP contribution in [0.2, 0.25) is 5.02 Å². The summed E-state index contributed by atoms with van der Waals surface area (Å²) in [6.45, 7) is 0. The fourth-order valence-electron chi connectivity index (χ4n) is 1.54. The van der Waals surface area contributed by atoms with E-state index < -0.39 is 4.92 Å². The van der Waals surface area contributed by atoms with E-state index in [9.17, 15) is 15.2 Å². The molecule has 86 valence electrons. The molecule has 17 heavy (non-hydrogen) atoms. The number of hydrogen-bond donors (Lipinski definition) is 1. The van der Waals surface area contributed by atoms with Gasteiger partial charge in [-0.05, 0) is 29.3 Å². The van der Waals surface area contributed by atoms with E-state index in [-0.39, 0.29) is 11.4 Å². The number of nitrogens with zero attached hydrogens (tertiary/aromatic N) is 1. The van der Waals surface area contributed by atoms with Crippen molar-refractivity contribution in [3.63, 3.8) is 0 Å². The number of halogens is 1. The minimum absolute atomic E-state index is 0.00182. The summed E-state index contributed by atoms with van der Waals surface area (Å²) >= 11 is 5.81. The monoisotopic (exact) mass is 249 g/mol. The molecule has 0 heterocycles. The van der Waals surface area contributed by atoms with Gasteiger partial charge in [0.15, 0.2) is 0 Å². The fraction of sp³-hybridized carbons (Fsp3) is 0. The molecule has 0 spiro atoms. The second-order valence-electron chi connectivity index (χ2n) is 3.51. The number of phenolic OH excluding ortho intramolecular Hbond substituents is 1. The first-order chi connectivity index (χ1) is 8.06. The van der Waals surface area contributed by atoms with Gasteiger partial charge in [0.2, 0.25) is 0 Å². The van der Waals surface area contributed by atoms with Crippen LogP contribution in [0.5, 0.6) is 5.75 Å². The van der Waals surface area contributed by atoms with Gasteiger partial charge < -0.3 is 5.11 Å². The van der Waals surface area contributed by atoms with Gasteiger partial charge in [-0.3, -0.25) is 10.1 Å². The normalized spacial score (nSPS) is 10.2. The molecule has 2 rings (SSSR count). The van der Waals surface area contributed by atoms with Crippen molar-refractivity contribution in [1.29, 1.82) is 0 Å². The summed E-state index contributed by atoms with van der Waals surface area (Å²) in [5.74, 6) is 0.0269. The Labute approximate surface area is 102 Å². The zero-order chi connectivity index (χ0) is 12.4. The molecule has 2 aromatic carbocycles. The molecule has 0 bridgehead atoms. The van der Waals surface area contributed by atoms with Crippen LogP contribution in [0, 0.1) is 10.1 Å². The van der Waals surface area contributed by atoms with E-state index >= 15 is 0 Å². The lowest BCUT2D eigenvalue weighted by Crippen LogP contribution is -1.88. The second kappa shape index (κ2) is 4.43. The molecular formula is C12H8ClNO3. The number of benzene rings is 2. The van der Waals surface area contributed by atoms with E-state index in [4.69, 9.17) is 11.6 Å². The van der Waals surface area contributed by atoms with Crippen molar-refractivity contribution >= 4 is 17.3 Å². The van der Waals surface area contributed by atoms with Gasteiger partial charge in [-0.15, -0.1) is 0 Å². The van der Waals surface area contributed by atoms with Crippen LogP contribution < -0.4 is 0 Å². The van der Waals surface area contributed by atoms with Gasteiger partial charge in [-0.25, -0.2) is 0 Å². The van der Waals surface area contributed by atoms with E-state index in [1.807, 2.05) is 0 Å². The topological polar surface area (TPSA) is 63.4 Å². The lowest BCUT2D eigenvalue weighted by Gasteiger charge is -2.03. The van der Waals surface area contributed by atoms with E-state index in [1.54, 1.807) is 18.2 Å². The van der Waals surface area contributed by atoms with Crippen LogP contribution >= 0.6 is 11.6 Å². The van der Waals surface area contributed by atoms with Crippen molar-refractivity contribution in [2.45, 2.75) is 0 Å². The first-order valence-electron chi connectivity index (χ1n) is 4.80. The summed E-state index contributed by atoms with van der Waals surface area (Å²) in [6.07, 6.45) is 0. The lowest BCUT2D eigenvalue weighted by atomic mass is 10.0. The molecule has 0 amide bonds. The Kier molecular flexibility index (Phi) is 2.97. The van der Waals surface area contributed by atoms with E-state index in [0.29, 0.717) is 16.1 Å². The number of rotatable bonds is 2. The van der Waals surface area contributed by atoms with E-state index in [0.717, 1.165) is 0 Å². The van der Waals surface area contributed by atoms with Crippen LogP contribution in [-0.4, -0.2) is 10.0 Å². The van der Waals surface area contributed by atoms with Crippen molar-refractivity contribution in [1.82, 2.24) is 0 Å². The SMILES string of the molecule is O=[N+]([O-])c1cccc(-c2cc(O)cc(Cl)c2)c1. The maximum Gasteiger partial charge on any atom is 0.270 e. The minimum Gasteiger partial charge on any atom is -0.508 e. The van der Waals surface area contributed by atoms with Crippen molar-refractivity contribution in [3.8, 4) is 16.9 Å². The Morgan fingerprint density at radius 3 is 2.53 bits per heavy atom. The maximum absolute atomic E-state index is 10.6. The van der Waals surface area contributed by atoms with Gasteiger partial charge in [-0.1, -0.05) is 23.7 Å². The predicted octanol–water partition coefficient (Wildman–Crippen LogP) is 3.62. The molecule has 0 radical (unpaired) electrons. The van der Waals surface area contributed by atoms with E-state index in [1.165, 1.54) is 24.3 Å². The van der Waals surface area contributed by atoms with Crippen molar-refractivity contribution in [3.05, 3.63) is 57.6 Å². The van der Waals surface area contributed by atoms with Gasteiger partial charge >= 0.3 is 0 Å². The standard InChI is InChI=1S/C12H8ClNO3/c13-10-4-9(6-12(15)7-10)8-2-1-3-11(5-8)14(16)17/h1-7,15H. The summed E-state index contributed by atoms with van der Waals surface area (Å²) in [7, 11) is 0. The third kappa shape index (κ3) is 2.54. The van der Waals surface area contributed by atoms with Gasteiger partial charge in [0, 0.05) is 17.2 Å². The average molecular weight is 250 g/mol. The Morgan fingerprint density at radius 1 is 1.12 bits per heavy atom. The van der Waals surface area contributed by atoms with E-state index in [2.05, 4.69) is 0 Å². The Hall–Kier alpha value is -2.07. The molecule has 1 N–H and O–H groups in total. The molecule has 0 aliphatic heterocycles. The maximum atomic E-state index is 10.6. The largest absolute Gasteiger partial charge is 0.508 e. The van der Waals surface area contributed by atoms with Gasteiger partial charge in [0.1, 0.15) is 5.75 Å². The highest BCUT2D eigenvalue weighted by Crippen LogP contribution is 2.29. The third-order valence-electron chi connectivity index (χ3n) is 2.27. The van der Waals surface area contributed by atoms with Crippen LogP contribution in [0.3, 0.4) is 0 Å². The number of aromatic hydroxyl groups is 1. The smallest absolute Gasteiger partial charge is 0.270 e. The third-order valence-corrected chi connectivity index (χ3v) is 2.49. The van der Waals surface area contributed by atoms with Crippen molar-refractivity contribution in [2.75, 3.05) is 0 Å². The molecule has 0 aromatic heterocycles. The van der Waals surface area contributed by atoms with Gasteiger partial charge in [0.25, 0.3) is 5.69 Å². The summed E-state index contributed by atoms with van der Waals surface area (Å²) < 4.78 is 0. The molecule has 0 atom stereocenters. The van der Waals surface area contributed by atoms with Crippen LogP contribution in [0.1, 0.15) is 0 Å². The summed E-state index contributed by atoms with van der Waals surface area (Å²) in [4.78, 5) is 10.2. The number of non-ortho nitro benzene ring substituents is 1. The number of nitro benzene ring substituents is 1. The van der Waals surface area contributed by atoms with Crippen LogP contribution in [0.25, 0.3) is 11.1 Å². The minimum atomic E-state index is -0.464. The average Bonchev–Trinajstić information content (AvgIpc) is 2.28. The molecule has 5 heteroatoms. The van der Waals surface area contributed by atoms with Crippen LogP contribution in [0.15, 0.2) is 42.5 Å². The summed E-state index contributed by atoms with van der Waals surface area (Å²) in [6, 6.07) is 10.7. The molecule has 0 fully saturated rings. The lowest BCUT2D eigenvalue weighted by molar-refractivity contribution is -0.384. The molecule has 4 nitrogen and oxygen atoms in total. The van der Waals surface area contributed by atoms with Crippen molar-refractivity contribution < 1.29 is 10.0 Å². The quantitative estimate of drug-likeness (QED) is 0.653. The molecular weight excluding hydrogens is 242 g/mol. The summed E-state index contributed by atoms with van der Waals surface area (Å²) in [5.41, 5.74) is 1.28. The molecule has 0 aliphatic carbocycles. The van der Waals surface area contributed by atoms with Crippen LogP contribution in [-0.2, 0) is 0 Å². The number of phenols is 1.